The van der Waals surface area contributed by atoms with Gasteiger partial charge in [0.25, 0.3) is 5.91 Å². The normalized spacial score (nSPS) is 10.6. The lowest BCUT2D eigenvalue weighted by molar-refractivity contribution is -0.136. The van der Waals surface area contributed by atoms with E-state index in [0.29, 0.717) is 29.4 Å². The maximum Gasteiger partial charge on any atom is 0.329 e. The first kappa shape index (κ1) is 26.9. The van der Waals surface area contributed by atoms with Crippen LogP contribution in [-0.2, 0) is 14.4 Å². The van der Waals surface area contributed by atoms with Gasteiger partial charge in [-0.05, 0) is 80.8 Å². The highest BCUT2D eigenvalue weighted by Gasteiger charge is 2.13. The quantitative estimate of drug-likeness (QED) is 0.231. The molecule has 0 aliphatic rings. The molecule has 0 aromatic heterocycles. The molecule has 0 atom stereocenters. The lowest BCUT2D eigenvalue weighted by atomic mass is 10.1. The number of hydrogen-bond acceptors (Lipinski definition) is 6. The van der Waals surface area contributed by atoms with E-state index in [2.05, 4.69) is 21.2 Å². The predicted molar refractivity (Wildman–Crippen MR) is 143 cm³/mol. The van der Waals surface area contributed by atoms with Crippen LogP contribution in [0.2, 0.25) is 0 Å². The number of rotatable bonds is 9. The second-order valence-electron chi connectivity index (χ2n) is 8.24. The van der Waals surface area contributed by atoms with Gasteiger partial charge in [0.2, 0.25) is 0 Å². The van der Waals surface area contributed by atoms with Crippen molar-refractivity contribution in [2.24, 2.45) is 5.10 Å². The molecule has 0 spiro atoms. The Morgan fingerprint density at radius 2 is 1.62 bits per heavy atom. The second-order valence-corrected chi connectivity index (χ2v) is 8.24. The van der Waals surface area contributed by atoms with Crippen LogP contribution in [0.5, 0.6) is 11.5 Å². The van der Waals surface area contributed by atoms with E-state index in [4.69, 9.17) is 9.47 Å². The van der Waals surface area contributed by atoms with Crippen molar-refractivity contribution >= 4 is 35.3 Å². The third kappa shape index (κ3) is 7.93. The molecule has 0 saturated carbocycles. The summed E-state index contributed by atoms with van der Waals surface area (Å²) in [5, 5.41) is 9.19. The van der Waals surface area contributed by atoms with Gasteiger partial charge in [-0.25, -0.2) is 5.43 Å². The summed E-state index contributed by atoms with van der Waals surface area (Å²) in [5.41, 5.74) is 7.14. The van der Waals surface area contributed by atoms with Crippen LogP contribution < -0.4 is 25.5 Å². The van der Waals surface area contributed by atoms with E-state index >= 15 is 0 Å². The highest BCUT2D eigenvalue weighted by molar-refractivity contribution is 6.39. The molecule has 0 unspecified atom stereocenters. The van der Waals surface area contributed by atoms with Gasteiger partial charge in [0.15, 0.2) is 18.1 Å². The first-order valence-corrected chi connectivity index (χ1v) is 11.7. The molecule has 0 bridgehead atoms. The smallest absolute Gasteiger partial charge is 0.329 e. The van der Waals surface area contributed by atoms with Crippen molar-refractivity contribution < 1.29 is 23.9 Å². The van der Waals surface area contributed by atoms with Crippen molar-refractivity contribution in [3.8, 4) is 11.5 Å². The predicted octanol–water partition coefficient (Wildman–Crippen LogP) is 4.12. The summed E-state index contributed by atoms with van der Waals surface area (Å²) >= 11 is 0. The van der Waals surface area contributed by atoms with Gasteiger partial charge in [-0.3, -0.25) is 14.4 Å². The van der Waals surface area contributed by atoms with Crippen molar-refractivity contribution in [1.82, 2.24) is 5.43 Å². The van der Waals surface area contributed by atoms with Crippen LogP contribution in [0.4, 0.5) is 11.4 Å². The summed E-state index contributed by atoms with van der Waals surface area (Å²) in [6.07, 6.45) is 1.37. The molecule has 0 aliphatic carbocycles. The SMILES string of the molecule is CCOc1cc(/C=N\NC(=O)C(=O)Nc2ccc(C)cc2)ccc1OCC(=O)Nc1cccc(C)c1C. The largest absolute Gasteiger partial charge is 0.490 e. The van der Waals surface area contributed by atoms with E-state index < -0.39 is 11.8 Å². The number of benzene rings is 3. The standard InChI is InChI=1S/C28H30N4O5/c1-5-36-25-15-21(16-29-32-28(35)27(34)30-22-12-9-18(2)10-13-22)11-14-24(25)37-17-26(33)31-23-8-6-7-19(3)20(23)4/h6-16H,5,17H2,1-4H3,(H,30,34)(H,31,33)(H,32,35)/b29-16-. The number of carbonyl (C=O) groups is 3. The number of nitrogens with one attached hydrogen (secondary N) is 3. The van der Waals surface area contributed by atoms with Gasteiger partial charge in [-0.15, -0.1) is 0 Å². The van der Waals surface area contributed by atoms with Gasteiger partial charge in [0, 0.05) is 11.4 Å². The molecule has 3 rings (SSSR count). The topological polar surface area (TPSA) is 118 Å². The Morgan fingerprint density at radius 1 is 0.865 bits per heavy atom. The fourth-order valence-electron chi connectivity index (χ4n) is 3.25. The maximum absolute atomic E-state index is 12.4. The summed E-state index contributed by atoms with van der Waals surface area (Å²) in [4.78, 5) is 36.5. The van der Waals surface area contributed by atoms with Gasteiger partial charge >= 0.3 is 11.8 Å². The van der Waals surface area contributed by atoms with Crippen LogP contribution in [0.15, 0.2) is 65.8 Å². The van der Waals surface area contributed by atoms with Crippen molar-refractivity contribution in [3.63, 3.8) is 0 Å². The summed E-state index contributed by atoms with van der Waals surface area (Å²) in [7, 11) is 0. The Labute approximate surface area is 215 Å². The zero-order valence-corrected chi connectivity index (χ0v) is 21.3. The Kier molecular flexibility index (Phi) is 9.37. The molecule has 3 aromatic carbocycles. The minimum atomic E-state index is -0.906. The maximum atomic E-state index is 12.4. The molecule has 9 heteroatoms. The van der Waals surface area contributed by atoms with Gasteiger partial charge < -0.3 is 20.1 Å². The molecule has 3 aromatic rings. The molecular weight excluding hydrogens is 472 g/mol. The minimum Gasteiger partial charge on any atom is -0.490 e. The zero-order chi connectivity index (χ0) is 26.8. The Bertz CT molecular complexity index is 1300. The molecule has 37 heavy (non-hydrogen) atoms. The lowest BCUT2D eigenvalue weighted by Gasteiger charge is -2.14. The second kappa shape index (κ2) is 12.9. The van der Waals surface area contributed by atoms with Crippen LogP contribution in [0.25, 0.3) is 0 Å². The van der Waals surface area contributed by atoms with Crippen molar-refractivity contribution in [2.45, 2.75) is 27.7 Å². The first-order chi connectivity index (χ1) is 17.8. The van der Waals surface area contributed by atoms with E-state index in [1.165, 1.54) is 6.21 Å². The molecule has 0 heterocycles. The fraction of sp³-hybridized carbons (Fsp3) is 0.214. The van der Waals surface area contributed by atoms with Crippen LogP contribution in [-0.4, -0.2) is 37.1 Å². The van der Waals surface area contributed by atoms with Crippen molar-refractivity contribution in [1.29, 1.82) is 0 Å². The molecule has 0 radical (unpaired) electrons. The van der Waals surface area contributed by atoms with E-state index in [1.807, 2.05) is 58.0 Å². The average molecular weight is 503 g/mol. The Balaban J connectivity index is 1.56. The summed E-state index contributed by atoms with van der Waals surface area (Å²) in [6.45, 7) is 7.84. The fourth-order valence-corrected chi connectivity index (χ4v) is 3.25. The molecule has 3 N–H and O–H groups in total. The van der Waals surface area contributed by atoms with E-state index in [-0.39, 0.29) is 12.5 Å². The number of hydrazone groups is 1. The monoisotopic (exact) mass is 502 g/mol. The van der Waals surface area contributed by atoms with E-state index in [0.717, 1.165) is 22.4 Å². The summed E-state index contributed by atoms with van der Waals surface area (Å²) in [6, 6.07) is 17.7. The molecule has 9 nitrogen and oxygen atoms in total. The van der Waals surface area contributed by atoms with Gasteiger partial charge in [-0.2, -0.15) is 5.10 Å². The molecule has 3 amide bonds. The molecule has 0 aliphatic heterocycles. The third-order valence-corrected chi connectivity index (χ3v) is 5.40. The minimum absolute atomic E-state index is 0.201. The highest BCUT2D eigenvalue weighted by atomic mass is 16.5. The Hall–Kier alpha value is -4.66. The molecular formula is C28H30N4O5. The number of nitrogens with zero attached hydrogens (tertiary/aromatic N) is 1. The van der Waals surface area contributed by atoms with Gasteiger partial charge in [0.05, 0.1) is 12.8 Å². The van der Waals surface area contributed by atoms with Crippen LogP contribution in [0, 0.1) is 20.8 Å². The molecule has 192 valence electrons. The van der Waals surface area contributed by atoms with Gasteiger partial charge in [-0.1, -0.05) is 29.8 Å². The van der Waals surface area contributed by atoms with Crippen LogP contribution >= 0.6 is 0 Å². The lowest BCUT2D eigenvalue weighted by Crippen LogP contribution is -2.32. The number of aryl methyl sites for hydroxylation is 2. The van der Waals surface area contributed by atoms with E-state index in [9.17, 15) is 14.4 Å². The Morgan fingerprint density at radius 3 is 2.35 bits per heavy atom. The molecule has 0 fully saturated rings. The number of anilines is 2. The third-order valence-electron chi connectivity index (χ3n) is 5.40. The van der Waals surface area contributed by atoms with Crippen LogP contribution in [0.3, 0.4) is 0 Å². The summed E-state index contributed by atoms with van der Waals surface area (Å²) < 4.78 is 11.3. The number of ether oxygens (including phenoxy) is 2. The van der Waals surface area contributed by atoms with Gasteiger partial charge in [0.1, 0.15) is 0 Å². The number of carbonyl (C=O) groups excluding carboxylic acids is 3. The number of hydrogen-bond donors (Lipinski definition) is 3. The average Bonchev–Trinajstić information content (AvgIpc) is 2.87. The van der Waals surface area contributed by atoms with E-state index in [1.54, 1.807) is 30.3 Å². The zero-order valence-electron chi connectivity index (χ0n) is 21.3. The van der Waals surface area contributed by atoms with Crippen molar-refractivity contribution in [3.05, 3.63) is 82.9 Å². The van der Waals surface area contributed by atoms with Crippen LogP contribution in [0.1, 0.15) is 29.2 Å². The highest BCUT2D eigenvalue weighted by Crippen LogP contribution is 2.28. The molecule has 0 saturated heterocycles. The number of amides is 3. The summed E-state index contributed by atoms with van der Waals surface area (Å²) in [5.74, 6) is -1.24. The first-order valence-electron chi connectivity index (χ1n) is 11.7. The van der Waals surface area contributed by atoms with Crippen molar-refractivity contribution in [2.75, 3.05) is 23.8 Å².